The second kappa shape index (κ2) is 5.48. The van der Waals surface area contributed by atoms with Gasteiger partial charge in [-0.15, -0.1) is 11.3 Å². The molecule has 0 radical (unpaired) electrons. The van der Waals surface area contributed by atoms with Crippen LogP contribution < -0.4 is 5.32 Å². The molecule has 17 heavy (non-hydrogen) atoms. The lowest BCUT2D eigenvalue weighted by molar-refractivity contribution is -0.201. The zero-order valence-electron chi connectivity index (χ0n) is 8.49. The summed E-state index contributed by atoms with van der Waals surface area (Å²) in [5, 5.41) is 19.7. The van der Waals surface area contributed by atoms with Crippen LogP contribution in [0.3, 0.4) is 0 Å². The van der Waals surface area contributed by atoms with E-state index in [9.17, 15) is 18.0 Å². The molecule has 0 aliphatic carbocycles. The van der Waals surface area contributed by atoms with Gasteiger partial charge in [0.2, 0.25) is 0 Å². The third-order valence-corrected chi connectivity index (χ3v) is 2.96. The number of carbonyl (C=O) groups is 1. The summed E-state index contributed by atoms with van der Waals surface area (Å²) in [5.41, 5.74) is 0. The molecule has 1 rings (SSSR count). The molecule has 0 aliphatic heterocycles. The number of aliphatic hydroxyl groups excluding tert-OH is 1. The molecule has 1 heterocycles. The first-order valence-corrected chi connectivity index (χ1v) is 5.40. The largest absolute Gasteiger partial charge is 0.477 e. The maximum Gasteiger partial charge on any atom is 0.415 e. The number of aromatic carboxylic acids is 1. The average Bonchev–Trinajstić information content (AvgIpc) is 2.64. The zero-order valence-corrected chi connectivity index (χ0v) is 9.31. The van der Waals surface area contributed by atoms with E-state index in [-0.39, 0.29) is 11.4 Å². The van der Waals surface area contributed by atoms with Crippen LogP contribution in [0.15, 0.2) is 12.1 Å². The van der Waals surface area contributed by atoms with Gasteiger partial charge in [-0.25, -0.2) is 4.79 Å². The minimum atomic E-state index is -4.64. The van der Waals surface area contributed by atoms with Crippen molar-refractivity contribution in [2.45, 2.75) is 18.8 Å². The Labute approximate surface area is 98.7 Å². The lowest BCUT2D eigenvalue weighted by Gasteiger charge is -2.14. The van der Waals surface area contributed by atoms with E-state index in [1.165, 1.54) is 12.1 Å². The fourth-order valence-electron chi connectivity index (χ4n) is 1.04. The third-order valence-electron chi connectivity index (χ3n) is 1.89. The molecule has 3 N–H and O–H groups in total. The molecule has 1 aromatic heterocycles. The second-order valence-corrected chi connectivity index (χ2v) is 4.43. The molecular weight excluding hydrogens is 259 g/mol. The summed E-state index contributed by atoms with van der Waals surface area (Å²) in [7, 11) is 0. The second-order valence-electron chi connectivity index (χ2n) is 3.26. The van der Waals surface area contributed by atoms with E-state index < -0.39 is 24.8 Å². The molecule has 96 valence electrons. The molecule has 0 spiro atoms. The van der Waals surface area contributed by atoms with E-state index in [1.807, 2.05) is 0 Å². The Bertz CT molecular complexity index is 391. The summed E-state index contributed by atoms with van der Waals surface area (Å²) in [6.07, 6.45) is -7.06. The van der Waals surface area contributed by atoms with Gasteiger partial charge in [0.25, 0.3) is 0 Å². The molecule has 4 nitrogen and oxygen atoms in total. The van der Waals surface area contributed by atoms with Gasteiger partial charge in [-0.1, -0.05) is 0 Å². The van der Waals surface area contributed by atoms with Crippen molar-refractivity contribution >= 4 is 17.3 Å². The van der Waals surface area contributed by atoms with Crippen LogP contribution in [-0.2, 0) is 6.54 Å². The fraction of sp³-hybridized carbons (Fsp3) is 0.444. The van der Waals surface area contributed by atoms with Gasteiger partial charge in [0.15, 0.2) is 6.10 Å². The summed E-state index contributed by atoms with van der Waals surface area (Å²) in [4.78, 5) is 11.2. The summed E-state index contributed by atoms with van der Waals surface area (Å²) in [6, 6.07) is 2.89. The summed E-state index contributed by atoms with van der Waals surface area (Å²) >= 11 is 0.975. The first-order chi connectivity index (χ1) is 7.80. The maximum absolute atomic E-state index is 11.9. The lowest BCUT2D eigenvalue weighted by atomic mass is 10.3. The number of halogens is 3. The maximum atomic E-state index is 11.9. The number of rotatable bonds is 5. The Balaban J connectivity index is 2.38. The van der Waals surface area contributed by atoms with E-state index in [4.69, 9.17) is 10.2 Å². The van der Waals surface area contributed by atoms with Gasteiger partial charge in [-0.3, -0.25) is 0 Å². The minimum absolute atomic E-state index is 0.0884. The molecule has 0 amide bonds. The van der Waals surface area contributed by atoms with Crippen LogP contribution in [0, 0.1) is 0 Å². The molecule has 0 saturated heterocycles. The Morgan fingerprint density at radius 1 is 1.47 bits per heavy atom. The highest BCUT2D eigenvalue weighted by Gasteiger charge is 2.37. The van der Waals surface area contributed by atoms with Crippen LogP contribution in [0.5, 0.6) is 0 Å². The van der Waals surface area contributed by atoms with Crippen molar-refractivity contribution in [2.24, 2.45) is 0 Å². The van der Waals surface area contributed by atoms with E-state index in [0.717, 1.165) is 11.3 Å². The highest BCUT2D eigenvalue weighted by molar-refractivity contribution is 7.13. The molecule has 0 aliphatic rings. The molecule has 0 aromatic carbocycles. The Kier molecular flexibility index (Phi) is 4.49. The Morgan fingerprint density at radius 2 is 2.12 bits per heavy atom. The van der Waals surface area contributed by atoms with Crippen molar-refractivity contribution in [3.8, 4) is 0 Å². The highest BCUT2D eigenvalue weighted by atomic mass is 32.1. The number of alkyl halides is 3. The van der Waals surface area contributed by atoms with E-state index in [1.54, 1.807) is 0 Å². The fourth-order valence-corrected chi connectivity index (χ4v) is 1.85. The van der Waals surface area contributed by atoms with E-state index >= 15 is 0 Å². The van der Waals surface area contributed by atoms with Gasteiger partial charge in [-0.2, -0.15) is 13.2 Å². The van der Waals surface area contributed by atoms with Crippen LogP contribution >= 0.6 is 11.3 Å². The minimum Gasteiger partial charge on any atom is -0.477 e. The quantitative estimate of drug-likeness (QED) is 0.757. The summed E-state index contributed by atoms with van der Waals surface area (Å²) in [6.45, 7) is -0.533. The van der Waals surface area contributed by atoms with Crippen LogP contribution in [0.2, 0.25) is 0 Å². The number of hydrogen-bond donors (Lipinski definition) is 3. The first-order valence-electron chi connectivity index (χ1n) is 4.58. The molecule has 1 aromatic rings. The van der Waals surface area contributed by atoms with Crippen molar-refractivity contribution < 1.29 is 28.2 Å². The summed E-state index contributed by atoms with van der Waals surface area (Å²) < 4.78 is 35.8. The SMILES string of the molecule is O=C(O)c1ccc(CNCC(O)C(F)(F)F)s1. The first kappa shape index (κ1) is 13.9. The van der Waals surface area contributed by atoms with E-state index in [0.29, 0.717) is 4.88 Å². The van der Waals surface area contributed by atoms with Crippen molar-refractivity contribution in [3.63, 3.8) is 0 Å². The molecule has 1 unspecified atom stereocenters. The summed E-state index contributed by atoms with van der Waals surface area (Å²) in [5.74, 6) is -1.07. The Morgan fingerprint density at radius 3 is 2.59 bits per heavy atom. The number of carboxylic acid groups (broad SMARTS) is 1. The number of nitrogens with one attached hydrogen (secondary N) is 1. The standard InChI is InChI=1S/C9H10F3NO3S/c10-9(11,12)7(14)4-13-3-5-1-2-6(17-5)8(15)16/h1-2,7,13-14H,3-4H2,(H,15,16). The average molecular weight is 269 g/mol. The molecule has 8 heteroatoms. The van der Waals surface area contributed by atoms with Crippen molar-refractivity contribution in [1.29, 1.82) is 0 Å². The molecular formula is C9H10F3NO3S. The van der Waals surface area contributed by atoms with E-state index in [2.05, 4.69) is 5.32 Å². The molecule has 1 atom stereocenters. The Hall–Kier alpha value is -1.12. The van der Waals surface area contributed by atoms with Gasteiger partial charge in [-0.05, 0) is 12.1 Å². The van der Waals surface area contributed by atoms with Crippen molar-refractivity contribution in [2.75, 3.05) is 6.54 Å². The predicted octanol–water partition coefficient (Wildman–Crippen LogP) is 1.46. The monoisotopic (exact) mass is 269 g/mol. The predicted molar refractivity (Wildman–Crippen MR) is 55.0 cm³/mol. The molecule has 0 bridgehead atoms. The lowest BCUT2D eigenvalue weighted by Crippen LogP contribution is -2.38. The van der Waals surface area contributed by atoms with Gasteiger partial charge in [0, 0.05) is 18.0 Å². The van der Waals surface area contributed by atoms with Gasteiger partial charge < -0.3 is 15.5 Å². The molecule has 0 saturated carbocycles. The van der Waals surface area contributed by atoms with Gasteiger partial charge in [0.05, 0.1) is 0 Å². The normalized spacial score (nSPS) is 13.6. The number of thiophene rings is 1. The molecule has 0 fully saturated rings. The van der Waals surface area contributed by atoms with Crippen LogP contribution in [0.25, 0.3) is 0 Å². The van der Waals surface area contributed by atoms with Crippen molar-refractivity contribution in [3.05, 3.63) is 21.9 Å². The topological polar surface area (TPSA) is 69.6 Å². The highest BCUT2D eigenvalue weighted by Crippen LogP contribution is 2.20. The smallest absolute Gasteiger partial charge is 0.415 e. The third kappa shape index (κ3) is 4.33. The van der Waals surface area contributed by atoms with Crippen LogP contribution in [-0.4, -0.2) is 35.0 Å². The van der Waals surface area contributed by atoms with Crippen LogP contribution in [0.4, 0.5) is 13.2 Å². The van der Waals surface area contributed by atoms with Gasteiger partial charge in [0.1, 0.15) is 4.88 Å². The van der Waals surface area contributed by atoms with Gasteiger partial charge >= 0.3 is 12.1 Å². The zero-order chi connectivity index (χ0) is 13.1. The van der Waals surface area contributed by atoms with Crippen molar-refractivity contribution in [1.82, 2.24) is 5.32 Å². The van der Waals surface area contributed by atoms with Crippen LogP contribution in [0.1, 0.15) is 14.5 Å². The number of aliphatic hydroxyl groups is 1. The number of hydrogen-bond acceptors (Lipinski definition) is 4. The number of carboxylic acids is 1.